The lowest BCUT2D eigenvalue weighted by Gasteiger charge is -2.56. The molecule has 2 heterocycles. The highest BCUT2D eigenvalue weighted by atomic mass is 32.1. The number of amides is 1. The van der Waals surface area contributed by atoms with E-state index >= 15 is 0 Å². The maximum atomic E-state index is 13.4. The Labute approximate surface area is 176 Å². The summed E-state index contributed by atoms with van der Waals surface area (Å²) in [5.74, 6) is 0.732. The number of nitrogens with zero attached hydrogens (tertiary/aromatic N) is 2. The molecule has 2 aliphatic heterocycles. The minimum Gasteiger partial charge on any atom is -0.493 e. The van der Waals surface area contributed by atoms with Gasteiger partial charge in [0.2, 0.25) is 5.91 Å². The first-order valence-electron chi connectivity index (χ1n) is 9.53. The highest BCUT2D eigenvalue weighted by Crippen LogP contribution is 2.52. The lowest BCUT2D eigenvalue weighted by Crippen LogP contribution is -2.72. The van der Waals surface area contributed by atoms with Gasteiger partial charge in [-0.15, -0.1) is 0 Å². The van der Waals surface area contributed by atoms with Gasteiger partial charge in [-0.25, -0.2) is 0 Å². The van der Waals surface area contributed by atoms with E-state index in [1.165, 1.54) is 0 Å². The molecule has 0 spiro atoms. The van der Waals surface area contributed by atoms with Crippen LogP contribution >= 0.6 is 12.2 Å². The van der Waals surface area contributed by atoms with Crippen molar-refractivity contribution in [3.63, 3.8) is 0 Å². The van der Waals surface area contributed by atoms with Crippen LogP contribution in [0.15, 0.2) is 42.5 Å². The number of thiocarbonyl (C=S) groups is 1. The van der Waals surface area contributed by atoms with Gasteiger partial charge in [0, 0.05) is 25.3 Å². The smallest absolute Gasteiger partial charge is 0.233 e. The molecule has 0 radical (unpaired) electrons. The molecule has 3 atom stereocenters. The monoisotopic (exact) mass is 411 g/mol. The van der Waals surface area contributed by atoms with E-state index in [4.69, 9.17) is 21.7 Å². The fourth-order valence-electron chi connectivity index (χ4n) is 4.36. The van der Waals surface area contributed by atoms with Crippen LogP contribution < -0.4 is 19.7 Å². The molecule has 0 saturated carbocycles. The zero-order chi connectivity index (χ0) is 20.9. The molecule has 0 aliphatic carbocycles. The molecule has 0 unspecified atom stereocenters. The third-order valence-corrected chi connectivity index (χ3v) is 6.07. The van der Waals surface area contributed by atoms with Gasteiger partial charge < -0.3 is 19.7 Å². The number of anilines is 1. The summed E-state index contributed by atoms with van der Waals surface area (Å²) in [6.07, 6.45) is 0. The summed E-state index contributed by atoms with van der Waals surface area (Å²) < 4.78 is 12.2. The lowest BCUT2D eigenvalue weighted by molar-refractivity contribution is -0.144. The van der Waals surface area contributed by atoms with Crippen molar-refractivity contribution < 1.29 is 14.3 Å². The van der Waals surface area contributed by atoms with Crippen molar-refractivity contribution in [2.24, 2.45) is 5.92 Å². The van der Waals surface area contributed by atoms with Crippen LogP contribution in [-0.2, 0) is 4.79 Å². The third kappa shape index (κ3) is 2.83. The van der Waals surface area contributed by atoms with E-state index in [-0.39, 0.29) is 11.9 Å². The molecule has 2 aromatic carbocycles. The standard InChI is InChI=1S/C22H25N3O3S/c1-13-9-6-7-11-15(13)25-21(29)23-18-14-10-8-12-16(27-5)19(14)28-22(25,2)17(18)20(26)24(3)4/h6-12,17-18H,1-5H3,(H,23,29)/t17-,18+,22+/m1/s1. The Morgan fingerprint density at radius 1 is 1.24 bits per heavy atom. The molecule has 0 aromatic heterocycles. The number of methoxy groups -OCH3 is 1. The lowest BCUT2D eigenvalue weighted by atomic mass is 9.78. The van der Waals surface area contributed by atoms with E-state index in [0.29, 0.717) is 16.6 Å². The fraction of sp³-hybridized carbons (Fsp3) is 0.364. The van der Waals surface area contributed by atoms with Gasteiger partial charge in [-0.05, 0) is 43.8 Å². The number of nitrogens with one attached hydrogen (secondary N) is 1. The summed E-state index contributed by atoms with van der Waals surface area (Å²) in [4.78, 5) is 16.9. The molecule has 1 amide bonds. The number of hydrogen-bond acceptors (Lipinski definition) is 4. The van der Waals surface area contributed by atoms with Gasteiger partial charge in [-0.3, -0.25) is 9.69 Å². The van der Waals surface area contributed by atoms with Gasteiger partial charge >= 0.3 is 0 Å². The SMILES string of the molecule is COc1cccc2c1O[C@@]1(C)[C@@H](C(=O)N(C)C)[C@H]2NC(=S)N1c1ccccc1C. The number of rotatable bonds is 3. The van der Waals surface area contributed by atoms with Crippen LogP contribution in [0.3, 0.4) is 0 Å². The first kappa shape index (κ1) is 19.5. The maximum absolute atomic E-state index is 13.4. The van der Waals surface area contributed by atoms with E-state index in [0.717, 1.165) is 16.8 Å². The molecular formula is C22H25N3O3S. The van der Waals surface area contributed by atoms with Gasteiger partial charge in [-0.2, -0.15) is 0 Å². The summed E-state index contributed by atoms with van der Waals surface area (Å²) in [5, 5.41) is 3.95. The largest absolute Gasteiger partial charge is 0.493 e. The number of fused-ring (bicyclic) bond motifs is 4. The number of ether oxygens (including phenoxy) is 2. The zero-order valence-corrected chi connectivity index (χ0v) is 18.0. The summed E-state index contributed by atoms with van der Waals surface area (Å²) in [5.41, 5.74) is 1.79. The molecule has 1 N–H and O–H groups in total. The van der Waals surface area contributed by atoms with E-state index in [1.807, 2.05) is 61.2 Å². The second kappa shape index (κ2) is 6.91. The Morgan fingerprint density at radius 3 is 2.62 bits per heavy atom. The average molecular weight is 412 g/mol. The van der Waals surface area contributed by atoms with Gasteiger partial charge in [0.05, 0.1) is 13.2 Å². The van der Waals surface area contributed by atoms with Crippen LogP contribution in [0.5, 0.6) is 11.5 Å². The van der Waals surface area contributed by atoms with Gasteiger partial charge in [0.15, 0.2) is 22.3 Å². The van der Waals surface area contributed by atoms with Gasteiger partial charge in [0.25, 0.3) is 0 Å². The highest BCUT2D eigenvalue weighted by Gasteiger charge is 2.60. The van der Waals surface area contributed by atoms with Crippen LogP contribution in [0.25, 0.3) is 0 Å². The molecule has 29 heavy (non-hydrogen) atoms. The van der Waals surface area contributed by atoms with Crippen molar-refractivity contribution in [3.8, 4) is 11.5 Å². The molecule has 2 aliphatic rings. The Hall–Kier alpha value is -2.80. The van der Waals surface area contributed by atoms with Crippen LogP contribution in [0.4, 0.5) is 5.69 Å². The summed E-state index contributed by atoms with van der Waals surface area (Å²) >= 11 is 5.77. The Bertz CT molecular complexity index is 993. The second-order valence-electron chi connectivity index (χ2n) is 7.79. The van der Waals surface area contributed by atoms with Crippen molar-refractivity contribution in [1.82, 2.24) is 10.2 Å². The molecule has 6 nitrogen and oxygen atoms in total. The van der Waals surface area contributed by atoms with Crippen molar-refractivity contribution in [3.05, 3.63) is 53.6 Å². The van der Waals surface area contributed by atoms with E-state index in [2.05, 4.69) is 5.32 Å². The number of hydrogen-bond donors (Lipinski definition) is 1. The Balaban J connectivity index is 1.97. The third-order valence-electron chi connectivity index (χ3n) is 5.77. The highest BCUT2D eigenvalue weighted by molar-refractivity contribution is 7.80. The summed E-state index contributed by atoms with van der Waals surface area (Å²) in [6, 6.07) is 13.4. The first-order chi connectivity index (χ1) is 13.8. The molecule has 1 fully saturated rings. The molecule has 4 rings (SSSR count). The molecule has 2 bridgehead atoms. The van der Waals surface area contributed by atoms with Crippen molar-refractivity contribution in [2.75, 3.05) is 26.1 Å². The summed E-state index contributed by atoms with van der Waals surface area (Å²) in [6.45, 7) is 3.95. The number of aryl methyl sites for hydroxylation is 1. The second-order valence-corrected chi connectivity index (χ2v) is 8.18. The van der Waals surface area contributed by atoms with Crippen molar-refractivity contribution in [2.45, 2.75) is 25.6 Å². The van der Waals surface area contributed by atoms with Crippen LogP contribution in [0, 0.1) is 12.8 Å². The Morgan fingerprint density at radius 2 is 1.97 bits per heavy atom. The van der Waals surface area contributed by atoms with Gasteiger partial charge in [-0.1, -0.05) is 30.3 Å². The predicted octanol–water partition coefficient (Wildman–Crippen LogP) is 3.25. The van der Waals surface area contributed by atoms with Crippen LogP contribution in [-0.4, -0.2) is 42.8 Å². The topological polar surface area (TPSA) is 54.0 Å². The average Bonchev–Trinajstić information content (AvgIpc) is 2.68. The minimum absolute atomic E-state index is 0.0282. The predicted molar refractivity (Wildman–Crippen MR) is 116 cm³/mol. The molecular weight excluding hydrogens is 386 g/mol. The fourth-order valence-corrected chi connectivity index (χ4v) is 4.77. The number of benzene rings is 2. The first-order valence-corrected chi connectivity index (χ1v) is 9.94. The molecule has 1 saturated heterocycles. The van der Waals surface area contributed by atoms with E-state index in [9.17, 15) is 4.79 Å². The maximum Gasteiger partial charge on any atom is 0.233 e. The number of para-hydroxylation sites is 2. The normalized spacial score (nSPS) is 24.9. The van der Waals surface area contributed by atoms with Crippen LogP contribution in [0.2, 0.25) is 0 Å². The molecule has 2 aromatic rings. The van der Waals surface area contributed by atoms with Gasteiger partial charge in [0.1, 0.15) is 5.92 Å². The van der Waals surface area contributed by atoms with Crippen molar-refractivity contribution >= 4 is 28.9 Å². The Kier molecular flexibility index (Phi) is 4.65. The van der Waals surface area contributed by atoms with Crippen LogP contribution in [0.1, 0.15) is 24.1 Å². The zero-order valence-electron chi connectivity index (χ0n) is 17.2. The number of carbonyl (C=O) groups excluding carboxylic acids is 1. The molecule has 152 valence electrons. The molecule has 7 heteroatoms. The minimum atomic E-state index is -1.03. The van der Waals surface area contributed by atoms with E-state index in [1.54, 1.807) is 26.1 Å². The number of carbonyl (C=O) groups is 1. The quantitative estimate of drug-likeness (QED) is 0.783. The van der Waals surface area contributed by atoms with Crippen molar-refractivity contribution in [1.29, 1.82) is 0 Å². The van der Waals surface area contributed by atoms with E-state index < -0.39 is 11.6 Å². The summed E-state index contributed by atoms with van der Waals surface area (Å²) in [7, 11) is 5.14.